The number of rotatable bonds is 8. The molecule has 1 atom stereocenters. The van der Waals surface area contributed by atoms with Gasteiger partial charge in [0.1, 0.15) is 11.3 Å². The standard InChI is InChI=1S/C21H25FN2O6/c1-11(2)14-8-12-9-15(30-7-5-6-28-3)20(29-4)23-17(12)18-16(22)19(25)13(21(26)27)10-24(14)18/h9-11,14H,5-8H2,1-4H3,(H,26,27)/t14-/m0/s1. The van der Waals surface area contributed by atoms with Crippen molar-refractivity contribution in [3.63, 3.8) is 0 Å². The summed E-state index contributed by atoms with van der Waals surface area (Å²) in [5.41, 5.74) is -0.841. The van der Waals surface area contributed by atoms with Crippen LogP contribution in [0.3, 0.4) is 0 Å². The third-order valence-electron chi connectivity index (χ3n) is 5.17. The topological polar surface area (TPSA) is 99.9 Å². The van der Waals surface area contributed by atoms with Gasteiger partial charge in [0.25, 0.3) is 5.88 Å². The molecule has 0 aliphatic carbocycles. The number of fused-ring (bicyclic) bond motifs is 3. The number of nitrogens with zero attached hydrogens (tertiary/aromatic N) is 2. The van der Waals surface area contributed by atoms with Crippen molar-refractivity contribution in [2.24, 2.45) is 5.92 Å². The highest BCUT2D eigenvalue weighted by Crippen LogP contribution is 2.41. The summed E-state index contributed by atoms with van der Waals surface area (Å²) in [5.74, 6) is -1.96. The second-order valence-corrected chi connectivity index (χ2v) is 7.46. The average molecular weight is 420 g/mol. The van der Waals surface area contributed by atoms with Gasteiger partial charge in [-0.15, -0.1) is 0 Å². The Morgan fingerprint density at radius 1 is 1.37 bits per heavy atom. The molecule has 0 spiro atoms. The summed E-state index contributed by atoms with van der Waals surface area (Å²) in [6, 6.07) is 1.50. The Morgan fingerprint density at radius 2 is 2.10 bits per heavy atom. The summed E-state index contributed by atoms with van der Waals surface area (Å²) < 4.78 is 32.7. The van der Waals surface area contributed by atoms with Gasteiger partial charge in [-0.2, -0.15) is 0 Å². The number of pyridine rings is 2. The Bertz CT molecular complexity index is 1020. The molecule has 8 nitrogen and oxygen atoms in total. The van der Waals surface area contributed by atoms with E-state index in [-0.39, 0.29) is 29.2 Å². The SMILES string of the molecule is COCCCOc1cc2c(nc1OC)-c1c(F)c(=O)c(C(=O)O)cn1[C@H](C(C)C)C2. The van der Waals surface area contributed by atoms with Gasteiger partial charge < -0.3 is 23.9 Å². The highest BCUT2D eigenvalue weighted by Gasteiger charge is 2.33. The second kappa shape index (κ2) is 8.83. The van der Waals surface area contributed by atoms with Crippen molar-refractivity contribution in [1.29, 1.82) is 0 Å². The minimum atomic E-state index is -1.46. The van der Waals surface area contributed by atoms with Crippen molar-refractivity contribution in [1.82, 2.24) is 9.55 Å². The number of carboxylic acids is 1. The Morgan fingerprint density at radius 3 is 2.70 bits per heavy atom. The minimum Gasteiger partial charge on any atom is -0.488 e. The fraction of sp³-hybridized carbons (Fsp3) is 0.476. The van der Waals surface area contributed by atoms with Crippen molar-refractivity contribution >= 4 is 5.97 Å². The Kier molecular flexibility index (Phi) is 6.40. The van der Waals surface area contributed by atoms with E-state index in [1.54, 1.807) is 13.2 Å². The van der Waals surface area contributed by atoms with Gasteiger partial charge in [-0.1, -0.05) is 13.8 Å². The molecular formula is C21H25FN2O6. The maximum atomic E-state index is 15.1. The zero-order valence-corrected chi connectivity index (χ0v) is 17.4. The monoisotopic (exact) mass is 420 g/mol. The lowest BCUT2D eigenvalue weighted by Crippen LogP contribution is -2.31. The fourth-order valence-electron chi connectivity index (χ4n) is 3.63. The van der Waals surface area contributed by atoms with Crippen LogP contribution in [0.2, 0.25) is 0 Å². The van der Waals surface area contributed by atoms with Crippen LogP contribution in [0.1, 0.15) is 42.2 Å². The first-order chi connectivity index (χ1) is 14.3. The predicted octanol–water partition coefficient (Wildman–Crippen LogP) is 2.92. The number of aromatic nitrogens is 2. The van der Waals surface area contributed by atoms with Gasteiger partial charge in [0.15, 0.2) is 11.6 Å². The van der Waals surface area contributed by atoms with Crippen LogP contribution >= 0.6 is 0 Å². The molecule has 0 saturated carbocycles. The van der Waals surface area contributed by atoms with Gasteiger partial charge in [-0.3, -0.25) is 4.79 Å². The van der Waals surface area contributed by atoms with Gasteiger partial charge in [0, 0.05) is 32.4 Å². The third kappa shape index (κ3) is 3.89. The zero-order chi connectivity index (χ0) is 22.0. The molecule has 3 rings (SSSR count). The first-order valence-corrected chi connectivity index (χ1v) is 9.68. The summed E-state index contributed by atoms with van der Waals surface area (Å²) >= 11 is 0. The fourth-order valence-corrected chi connectivity index (χ4v) is 3.63. The number of aromatic carboxylic acids is 1. The quantitative estimate of drug-likeness (QED) is 0.656. The molecule has 1 aliphatic heterocycles. The first kappa shape index (κ1) is 21.8. The Labute approximate surface area is 173 Å². The lowest BCUT2D eigenvalue weighted by Gasteiger charge is -2.33. The molecule has 9 heteroatoms. The van der Waals surface area contributed by atoms with Crippen molar-refractivity contribution in [2.75, 3.05) is 27.4 Å². The molecular weight excluding hydrogens is 395 g/mol. The van der Waals surface area contributed by atoms with E-state index in [9.17, 15) is 14.7 Å². The maximum absolute atomic E-state index is 15.1. The number of carboxylic acid groups (broad SMARTS) is 1. The molecule has 0 radical (unpaired) electrons. The Balaban J connectivity index is 2.17. The van der Waals surface area contributed by atoms with Crippen LogP contribution in [-0.4, -0.2) is 48.1 Å². The molecule has 0 unspecified atom stereocenters. The number of ether oxygens (including phenoxy) is 3. The number of halogens is 1. The number of carbonyl (C=O) groups is 1. The summed E-state index contributed by atoms with van der Waals surface area (Å²) in [7, 11) is 3.03. The van der Waals surface area contributed by atoms with Crippen LogP contribution in [0, 0.1) is 11.7 Å². The summed E-state index contributed by atoms with van der Waals surface area (Å²) in [5, 5.41) is 9.31. The van der Waals surface area contributed by atoms with Gasteiger partial charge in [-0.25, -0.2) is 14.2 Å². The lowest BCUT2D eigenvalue weighted by molar-refractivity contribution is 0.0693. The molecule has 0 aromatic carbocycles. The number of hydrogen-bond acceptors (Lipinski definition) is 6. The van der Waals surface area contributed by atoms with Crippen LogP contribution in [-0.2, 0) is 11.2 Å². The van der Waals surface area contributed by atoms with E-state index in [1.165, 1.54) is 17.9 Å². The van der Waals surface area contributed by atoms with Crippen molar-refractivity contribution in [3.05, 3.63) is 39.4 Å². The van der Waals surface area contributed by atoms with Gasteiger partial charge in [0.2, 0.25) is 5.43 Å². The minimum absolute atomic E-state index is 0.0332. The third-order valence-corrected chi connectivity index (χ3v) is 5.17. The van der Waals surface area contributed by atoms with Gasteiger partial charge in [-0.05, 0) is 24.0 Å². The van der Waals surface area contributed by atoms with Crippen molar-refractivity contribution < 1.29 is 28.5 Å². The molecule has 0 bridgehead atoms. The van der Waals surface area contributed by atoms with E-state index in [0.29, 0.717) is 37.4 Å². The molecule has 1 aliphatic rings. The average Bonchev–Trinajstić information content (AvgIpc) is 2.71. The van der Waals surface area contributed by atoms with E-state index in [4.69, 9.17) is 14.2 Å². The number of hydrogen-bond donors (Lipinski definition) is 1. The molecule has 3 heterocycles. The van der Waals surface area contributed by atoms with Crippen LogP contribution in [0.5, 0.6) is 11.6 Å². The van der Waals surface area contributed by atoms with Crippen molar-refractivity contribution in [2.45, 2.75) is 32.7 Å². The second-order valence-electron chi connectivity index (χ2n) is 7.46. The smallest absolute Gasteiger partial charge is 0.341 e. The van der Waals surface area contributed by atoms with Gasteiger partial charge in [0.05, 0.1) is 19.4 Å². The highest BCUT2D eigenvalue weighted by molar-refractivity contribution is 5.87. The molecule has 2 aromatic heterocycles. The predicted molar refractivity (Wildman–Crippen MR) is 107 cm³/mol. The van der Waals surface area contributed by atoms with E-state index in [1.807, 2.05) is 13.8 Å². The number of methoxy groups -OCH3 is 2. The van der Waals surface area contributed by atoms with E-state index in [0.717, 1.165) is 0 Å². The Hall–Kier alpha value is -2.94. The van der Waals surface area contributed by atoms with Crippen LogP contribution in [0.15, 0.2) is 17.1 Å². The summed E-state index contributed by atoms with van der Waals surface area (Å²) in [4.78, 5) is 28.2. The van der Waals surface area contributed by atoms with Crippen LogP contribution in [0.25, 0.3) is 11.4 Å². The van der Waals surface area contributed by atoms with E-state index in [2.05, 4.69) is 4.98 Å². The largest absolute Gasteiger partial charge is 0.488 e. The lowest BCUT2D eigenvalue weighted by atomic mass is 9.89. The van der Waals surface area contributed by atoms with Crippen LogP contribution < -0.4 is 14.9 Å². The molecule has 0 amide bonds. The van der Waals surface area contributed by atoms with Crippen molar-refractivity contribution in [3.8, 4) is 23.0 Å². The molecule has 1 N–H and O–H groups in total. The van der Waals surface area contributed by atoms with Crippen LogP contribution in [0.4, 0.5) is 4.39 Å². The normalized spacial score (nSPS) is 14.9. The molecule has 0 saturated heterocycles. The summed E-state index contributed by atoms with van der Waals surface area (Å²) in [6.07, 6.45) is 2.36. The highest BCUT2D eigenvalue weighted by atomic mass is 19.1. The molecule has 0 fully saturated rings. The maximum Gasteiger partial charge on any atom is 0.341 e. The summed E-state index contributed by atoms with van der Waals surface area (Å²) in [6.45, 7) is 4.85. The first-order valence-electron chi connectivity index (χ1n) is 9.68. The molecule has 30 heavy (non-hydrogen) atoms. The zero-order valence-electron chi connectivity index (χ0n) is 17.4. The van der Waals surface area contributed by atoms with E-state index >= 15 is 4.39 Å². The van der Waals surface area contributed by atoms with E-state index < -0.39 is 22.8 Å². The molecule has 162 valence electrons. The van der Waals surface area contributed by atoms with Gasteiger partial charge >= 0.3 is 5.97 Å². The molecule has 2 aromatic rings.